The van der Waals surface area contributed by atoms with Crippen LogP contribution in [-0.2, 0) is 35.7 Å². The highest BCUT2D eigenvalue weighted by Gasteiger charge is 2.36. The first kappa shape index (κ1) is 60.4. The molecular weight excluding hydrogens is 1030 g/mol. The van der Waals surface area contributed by atoms with Crippen molar-refractivity contribution in [3.8, 4) is 0 Å². The number of carbonyl (C=O) groups is 4. The van der Waals surface area contributed by atoms with Crippen molar-refractivity contribution in [1.29, 1.82) is 0 Å². The number of nitrogens with zero attached hydrogens (tertiary/aromatic N) is 2. The zero-order valence-electron chi connectivity index (χ0n) is 35.3. The van der Waals surface area contributed by atoms with Gasteiger partial charge in [-0.15, -0.1) is 0 Å². The molecule has 1 aliphatic rings. The standard InChI is InChI=1S/C19H31N.C13H15NO6.C5H4O2.C4Cl6.CH3I.CH2O/c1-16(15-20-12-6-5-7-13-20)14-17-8-10-18(11-9-17)19(2,3)4;1-9(15)19-8-12(14(17)18)13(20-10(2)16)11-6-4-3-5-7-11;6-4-5-2-1-3-7-5;5-1(3(7)8)2(6)4(9)10;2*1-2/h8-11,16H,5-7,12-15H2,1-4H3;3-7,12-13H,8H2,1-2H3;1-4H;;1H3;1H2. The van der Waals surface area contributed by atoms with Crippen LogP contribution in [0.2, 0.25) is 0 Å². The number of nitro groups is 1. The number of hydrogen-bond donors (Lipinski definition) is 0. The molecule has 340 valence electrons. The molecule has 0 amide bonds. The Kier molecular flexibility index (Phi) is 34.4. The zero-order chi connectivity index (χ0) is 47.1. The van der Waals surface area contributed by atoms with Gasteiger partial charge in [0.1, 0.15) is 15.8 Å². The number of aldehydes is 1. The quantitative estimate of drug-likeness (QED) is 0.0327. The van der Waals surface area contributed by atoms with Gasteiger partial charge in [0.05, 0.1) is 16.3 Å². The number of furan rings is 1. The topological polar surface area (TPSA) is 146 Å². The number of carbonyl (C=O) groups excluding carboxylic acids is 4. The van der Waals surface area contributed by atoms with Gasteiger partial charge in [-0.3, -0.25) is 24.5 Å². The van der Waals surface area contributed by atoms with E-state index in [1.54, 1.807) is 42.5 Å². The molecule has 3 aromatic rings. The molecule has 1 saturated heterocycles. The van der Waals surface area contributed by atoms with Crippen molar-refractivity contribution in [1.82, 2.24) is 4.90 Å². The Morgan fingerprint density at radius 2 is 1.39 bits per heavy atom. The molecule has 0 N–H and O–H groups in total. The van der Waals surface area contributed by atoms with Gasteiger partial charge in [-0.05, 0) is 77.4 Å². The summed E-state index contributed by atoms with van der Waals surface area (Å²) in [6, 6.07) is 19.5. The third-order valence-electron chi connectivity index (χ3n) is 8.11. The lowest BCUT2D eigenvalue weighted by molar-refractivity contribution is -0.538. The summed E-state index contributed by atoms with van der Waals surface area (Å²) in [6.45, 7) is 17.0. The lowest BCUT2D eigenvalue weighted by Crippen LogP contribution is -2.35. The van der Waals surface area contributed by atoms with Gasteiger partial charge >= 0.3 is 11.9 Å². The number of halogens is 7. The van der Waals surface area contributed by atoms with E-state index in [1.807, 2.05) is 11.7 Å². The summed E-state index contributed by atoms with van der Waals surface area (Å²) in [6.07, 6.45) is 6.45. The van der Waals surface area contributed by atoms with Gasteiger partial charge in [-0.2, -0.15) is 0 Å². The second-order valence-corrected chi connectivity index (χ2v) is 16.7. The molecule has 0 spiro atoms. The number of alkyl halides is 1. The van der Waals surface area contributed by atoms with E-state index in [-0.39, 0.29) is 24.5 Å². The Morgan fingerprint density at radius 1 is 0.869 bits per heavy atom. The zero-order valence-corrected chi connectivity index (χ0v) is 42.0. The number of hydrogen-bond acceptors (Lipinski definition) is 10. The van der Waals surface area contributed by atoms with Gasteiger partial charge in [0.15, 0.2) is 24.8 Å². The first-order valence-electron chi connectivity index (χ1n) is 18.6. The summed E-state index contributed by atoms with van der Waals surface area (Å²) in [5.41, 5.74) is 3.65. The van der Waals surface area contributed by atoms with Crippen molar-refractivity contribution in [2.24, 2.45) is 5.92 Å². The second-order valence-electron chi connectivity index (χ2n) is 14.0. The molecule has 0 aliphatic carbocycles. The van der Waals surface area contributed by atoms with E-state index in [4.69, 9.17) is 79.1 Å². The van der Waals surface area contributed by atoms with Crippen LogP contribution >= 0.6 is 92.2 Å². The number of esters is 2. The molecule has 11 nitrogen and oxygen atoms in total. The van der Waals surface area contributed by atoms with Crippen molar-refractivity contribution < 1.29 is 38.0 Å². The smallest absolute Gasteiger partial charge is 0.303 e. The number of likely N-dealkylation sites (tertiary alicyclic amines) is 1. The minimum Gasteiger partial charge on any atom is -0.462 e. The molecule has 0 saturated carbocycles. The largest absolute Gasteiger partial charge is 0.462 e. The maximum atomic E-state index is 11.1. The summed E-state index contributed by atoms with van der Waals surface area (Å²) in [7, 11) is 0. The molecule has 2 aromatic carbocycles. The molecule has 4 rings (SSSR count). The predicted molar refractivity (Wildman–Crippen MR) is 257 cm³/mol. The SMILES string of the molecule is C=O.CC(=O)OCC(C(OC(C)=O)c1ccccc1)[N+](=O)[O-].CC(Cc1ccc(C(C)(C)C)cc1)CN1CCCCC1.CI.ClC(Cl)=C(Cl)C(Cl)=C(Cl)Cl.O=Cc1ccco1. The molecule has 1 fully saturated rings. The summed E-state index contributed by atoms with van der Waals surface area (Å²) in [4.78, 5) is 54.8. The molecule has 1 aromatic heterocycles. The third-order valence-corrected chi connectivity index (χ3v) is 10.1. The predicted octanol–water partition coefficient (Wildman–Crippen LogP) is 12.9. The molecule has 0 bridgehead atoms. The van der Waals surface area contributed by atoms with E-state index in [9.17, 15) is 24.5 Å². The summed E-state index contributed by atoms with van der Waals surface area (Å²) in [5.74, 6) is -0.145. The van der Waals surface area contributed by atoms with Gasteiger partial charge in [0.2, 0.25) is 0 Å². The molecular formula is C43H55Cl6IN2O9. The van der Waals surface area contributed by atoms with Crippen molar-refractivity contribution in [2.75, 3.05) is 31.2 Å². The average molecular weight is 1080 g/mol. The van der Waals surface area contributed by atoms with E-state index < -0.39 is 35.6 Å². The van der Waals surface area contributed by atoms with E-state index >= 15 is 0 Å². The van der Waals surface area contributed by atoms with Crippen molar-refractivity contribution in [3.63, 3.8) is 0 Å². The maximum Gasteiger partial charge on any atom is 0.303 e. The highest BCUT2D eigenvalue weighted by molar-refractivity contribution is 14.1. The fourth-order valence-electron chi connectivity index (χ4n) is 5.37. The van der Waals surface area contributed by atoms with Gasteiger partial charge in [-0.25, -0.2) is 0 Å². The minimum atomic E-state index is -1.36. The van der Waals surface area contributed by atoms with Crippen LogP contribution in [0.4, 0.5) is 0 Å². The number of allylic oxidation sites excluding steroid dienone is 2. The van der Waals surface area contributed by atoms with Crippen LogP contribution in [0.1, 0.15) is 94.2 Å². The summed E-state index contributed by atoms with van der Waals surface area (Å²) < 4.78 is 14.0. The Bertz CT molecular complexity index is 1720. The first-order chi connectivity index (χ1) is 28.8. The normalized spacial score (nSPS) is 13.1. The van der Waals surface area contributed by atoms with E-state index in [2.05, 4.69) is 88.6 Å². The number of piperidine rings is 1. The van der Waals surface area contributed by atoms with Crippen LogP contribution in [0.3, 0.4) is 0 Å². The van der Waals surface area contributed by atoms with Crippen molar-refractivity contribution in [3.05, 3.63) is 125 Å². The maximum absolute atomic E-state index is 11.1. The van der Waals surface area contributed by atoms with E-state index in [0.29, 0.717) is 17.6 Å². The molecule has 3 atom stereocenters. The van der Waals surface area contributed by atoms with Crippen LogP contribution in [0, 0.1) is 16.0 Å². The minimum absolute atomic E-state index is 0.0648. The molecule has 0 radical (unpaired) electrons. The fraction of sp³-hybridized carbons (Fsp3) is 0.442. The van der Waals surface area contributed by atoms with Gasteiger partial charge < -0.3 is 23.6 Å². The third kappa shape index (κ3) is 27.9. The lowest BCUT2D eigenvalue weighted by Gasteiger charge is -2.29. The second kappa shape index (κ2) is 34.8. The lowest BCUT2D eigenvalue weighted by atomic mass is 9.86. The summed E-state index contributed by atoms with van der Waals surface area (Å²) >= 11 is 34.0. The molecule has 18 heteroatoms. The van der Waals surface area contributed by atoms with Crippen LogP contribution < -0.4 is 0 Å². The molecule has 3 unspecified atom stereocenters. The van der Waals surface area contributed by atoms with Crippen LogP contribution in [-0.4, -0.2) is 72.1 Å². The van der Waals surface area contributed by atoms with Gasteiger partial charge in [0.25, 0.3) is 6.04 Å². The van der Waals surface area contributed by atoms with Gasteiger partial charge in [0, 0.05) is 25.3 Å². The Hall–Kier alpha value is -2.69. The number of benzene rings is 2. The Balaban J connectivity index is 0. The first-order valence-corrected chi connectivity index (χ1v) is 23.1. The van der Waals surface area contributed by atoms with Crippen molar-refractivity contribution in [2.45, 2.75) is 84.8 Å². The fourth-order valence-corrected chi connectivity index (χ4v) is 6.13. The molecule has 2 heterocycles. The highest BCUT2D eigenvalue weighted by atomic mass is 127. The van der Waals surface area contributed by atoms with E-state index in [1.165, 1.54) is 69.6 Å². The van der Waals surface area contributed by atoms with Crippen LogP contribution in [0.5, 0.6) is 0 Å². The monoisotopic (exact) mass is 1080 g/mol. The van der Waals surface area contributed by atoms with Crippen molar-refractivity contribution >= 4 is 117 Å². The molecule has 1 aliphatic heterocycles. The van der Waals surface area contributed by atoms with E-state index in [0.717, 1.165) is 12.8 Å². The summed E-state index contributed by atoms with van der Waals surface area (Å²) in [5, 5.41) is 11.0. The Morgan fingerprint density at radius 3 is 1.77 bits per heavy atom. The Labute approximate surface area is 403 Å². The highest BCUT2D eigenvalue weighted by Crippen LogP contribution is 2.32. The van der Waals surface area contributed by atoms with Gasteiger partial charge in [-0.1, -0.05) is 181 Å². The number of ether oxygens (including phenoxy) is 2. The van der Waals surface area contributed by atoms with Crippen LogP contribution in [0.25, 0.3) is 0 Å². The molecule has 61 heavy (non-hydrogen) atoms. The van der Waals surface area contributed by atoms with Crippen LogP contribution in [0.15, 0.2) is 96.5 Å². The number of rotatable bonds is 12. The average Bonchev–Trinajstić information content (AvgIpc) is 3.77.